The smallest absolute Gasteiger partial charge is 0.497 e. The lowest BCUT2D eigenvalue weighted by Crippen LogP contribution is -2.48. The first-order chi connectivity index (χ1) is 14.3. The number of halogens is 3. The summed E-state index contributed by atoms with van der Waals surface area (Å²) in [5.41, 5.74) is 1.32. The van der Waals surface area contributed by atoms with Gasteiger partial charge in [-0.3, -0.25) is 9.69 Å². The maximum atomic E-state index is 12.9. The molecule has 0 spiro atoms. The van der Waals surface area contributed by atoms with E-state index in [1.165, 1.54) is 26.4 Å². The topological polar surface area (TPSA) is 51.2 Å². The fourth-order valence-corrected chi connectivity index (χ4v) is 3.32. The largest absolute Gasteiger partial charge is 0.573 e. The number of hydrogen-bond donors (Lipinski definition) is 0. The monoisotopic (exact) mass is 424 g/mol. The standard InChI is InChI=1S/C21H23F3N2O4/c1-28-17-7-8-19(29-2)18(13-17)20(27)26-11-9-25(10-12-26)14-15-3-5-16(6-4-15)30-21(22,23)24/h3-8,13H,9-12,14H2,1-2H3. The highest BCUT2D eigenvalue weighted by Crippen LogP contribution is 2.26. The molecule has 6 nitrogen and oxygen atoms in total. The molecular formula is C21H23F3N2O4. The maximum Gasteiger partial charge on any atom is 0.573 e. The van der Waals surface area contributed by atoms with E-state index in [-0.39, 0.29) is 11.7 Å². The van der Waals surface area contributed by atoms with Crippen molar-refractivity contribution in [2.24, 2.45) is 0 Å². The van der Waals surface area contributed by atoms with Crippen LogP contribution in [0.4, 0.5) is 13.2 Å². The molecule has 0 radical (unpaired) electrons. The van der Waals surface area contributed by atoms with Gasteiger partial charge < -0.3 is 19.1 Å². The first-order valence-electron chi connectivity index (χ1n) is 9.37. The average molecular weight is 424 g/mol. The number of alkyl halides is 3. The molecule has 9 heteroatoms. The SMILES string of the molecule is COc1ccc(OC)c(C(=O)N2CCN(Cc3ccc(OC(F)(F)F)cc3)CC2)c1. The summed E-state index contributed by atoms with van der Waals surface area (Å²) in [7, 11) is 3.05. The molecule has 0 aromatic heterocycles. The van der Waals surface area contributed by atoms with Crippen LogP contribution in [0.25, 0.3) is 0 Å². The zero-order valence-corrected chi connectivity index (χ0v) is 16.7. The molecule has 1 amide bonds. The van der Waals surface area contributed by atoms with E-state index < -0.39 is 6.36 Å². The second kappa shape index (κ2) is 9.25. The van der Waals surface area contributed by atoms with Crippen molar-refractivity contribution in [2.75, 3.05) is 40.4 Å². The van der Waals surface area contributed by atoms with Crippen LogP contribution in [0, 0.1) is 0 Å². The summed E-state index contributed by atoms with van der Waals surface area (Å²) in [5.74, 6) is 0.702. The fraction of sp³-hybridized carbons (Fsp3) is 0.381. The number of carbonyl (C=O) groups excluding carboxylic acids is 1. The van der Waals surface area contributed by atoms with Gasteiger partial charge in [-0.1, -0.05) is 12.1 Å². The van der Waals surface area contributed by atoms with E-state index in [1.54, 1.807) is 35.2 Å². The van der Waals surface area contributed by atoms with Crippen LogP contribution in [0.2, 0.25) is 0 Å². The van der Waals surface area contributed by atoms with Gasteiger partial charge in [-0.05, 0) is 35.9 Å². The lowest BCUT2D eigenvalue weighted by molar-refractivity contribution is -0.274. The van der Waals surface area contributed by atoms with Crippen molar-refractivity contribution < 1.29 is 32.2 Å². The van der Waals surface area contributed by atoms with Crippen molar-refractivity contribution in [2.45, 2.75) is 12.9 Å². The van der Waals surface area contributed by atoms with Crippen LogP contribution in [-0.2, 0) is 6.54 Å². The molecule has 0 bridgehead atoms. The molecule has 0 aliphatic carbocycles. The van der Waals surface area contributed by atoms with Crippen molar-refractivity contribution in [1.29, 1.82) is 0 Å². The number of nitrogens with zero attached hydrogens (tertiary/aromatic N) is 2. The molecule has 0 atom stereocenters. The molecule has 0 saturated carbocycles. The summed E-state index contributed by atoms with van der Waals surface area (Å²) in [6, 6.07) is 10.9. The van der Waals surface area contributed by atoms with Gasteiger partial charge in [0.05, 0.1) is 19.8 Å². The normalized spacial score (nSPS) is 15.0. The van der Waals surface area contributed by atoms with Crippen molar-refractivity contribution >= 4 is 5.91 Å². The van der Waals surface area contributed by atoms with Crippen LogP contribution >= 0.6 is 0 Å². The summed E-state index contributed by atoms with van der Waals surface area (Å²) in [4.78, 5) is 16.8. The fourth-order valence-electron chi connectivity index (χ4n) is 3.32. The number of carbonyl (C=O) groups is 1. The molecule has 1 saturated heterocycles. The average Bonchev–Trinajstić information content (AvgIpc) is 2.73. The third-order valence-corrected chi connectivity index (χ3v) is 4.86. The van der Waals surface area contributed by atoms with Crippen molar-refractivity contribution in [1.82, 2.24) is 9.80 Å². The Morgan fingerprint density at radius 1 is 0.933 bits per heavy atom. The third-order valence-electron chi connectivity index (χ3n) is 4.86. The minimum absolute atomic E-state index is 0.126. The highest BCUT2D eigenvalue weighted by Gasteiger charge is 2.31. The molecule has 0 N–H and O–H groups in total. The number of methoxy groups -OCH3 is 2. The minimum atomic E-state index is -4.70. The number of benzene rings is 2. The van der Waals surface area contributed by atoms with Gasteiger partial charge in [0.1, 0.15) is 17.2 Å². The first kappa shape index (κ1) is 21.8. The lowest BCUT2D eigenvalue weighted by Gasteiger charge is -2.35. The highest BCUT2D eigenvalue weighted by molar-refractivity contribution is 5.97. The van der Waals surface area contributed by atoms with E-state index in [9.17, 15) is 18.0 Å². The van der Waals surface area contributed by atoms with E-state index in [4.69, 9.17) is 9.47 Å². The van der Waals surface area contributed by atoms with Crippen molar-refractivity contribution in [3.05, 3.63) is 53.6 Å². The summed E-state index contributed by atoms with van der Waals surface area (Å²) in [6.07, 6.45) is -4.70. The Bertz CT molecular complexity index is 864. The molecule has 162 valence electrons. The van der Waals surface area contributed by atoms with E-state index in [0.717, 1.165) is 5.56 Å². The van der Waals surface area contributed by atoms with Gasteiger partial charge in [0.25, 0.3) is 5.91 Å². The van der Waals surface area contributed by atoms with E-state index in [1.807, 2.05) is 0 Å². The number of hydrogen-bond acceptors (Lipinski definition) is 5. The molecule has 3 rings (SSSR count). The van der Waals surface area contributed by atoms with E-state index >= 15 is 0 Å². The Balaban J connectivity index is 1.57. The Morgan fingerprint density at radius 3 is 2.13 bits per heavy atom. The number of ether oxygens (including phenoxy) is 3. The number of amides is 1. The Hall–Kier alpha value is -2.94. The van der Waals surface area contributed by atoms with Crippen molar-refractivity contribution in [3.63, 3.8) is 0 Å². The van der Waals surface area contributed by atoms with Gasteiger partial charge >= 0.3 is 6.36 Å². The van der Waals surface area contributed by atoms with Crippen LogP contribution in [0.5, 0.6) is 17.2 Å². The molecule has 1 heterocycles. The first-order valence-corrected chi connectivity index (χ1v) is 9.37. The van der Waals surface area contributed by atoms with Crippen LogP contribution < -0.4 is 14.2 Å². The molecule has 30 heavy (non-hydrogen) atoms. The summed E-state index contributed by atoms with van der Waals surface area (Å²) >= 11 is 0. The van der Waals surface area contributed by atoms with E-state index in [0.29, 0.717) is 49.8 Å². The van der Waals surface area contributed by atoms with E-state index in [2.05, 4.69) is 9.64 Å². The minimum Gasteiger partial charge on any atom is -0.497 e. The van der Waals surface area contributed by atoms with Crippen LogP contribution in [-0.4, -0.2) is 62.5 Å². The van der Waals surface area contributed by atoms with Gasteiger partial charge in [-0.15, -0.1) is 13.2 Å². The molecule has 1 aliphatic rings. The quantitative estimate of drug-likeness (QED) is 0.710. The predicted octanol–water partition coefficient (Wildman–Crippen LogP) is 3.56. The van der Waals surface area contributed by atoms with Gasteiger partial charge in [-0.2, -0.15) is 0 Å². The number of rotatable bonds is 6. The molecule has 1 fully saturated rings. The maximum absolute atomic E-state index is 12.9. The Morgan fingerprint density at radius 2 is 1.57 bits per heavy atom. The summed E-state index contributed by atoms with van der Waals surface area (Å²) in [6.45, 7) is 2.96. The van der Waals surface area contributed by atoms with Crippen LogP contribution in [0.1, 0.15) is 15.9 Å². The lowest BCUT2D eigenvalue weighted by atomic mass is 10.1. The second-order valence-corrected chi connectivity index (χ2v) is 6.83. The van der Waals surface area contributed by atoms with Crippen LogP contribution in [0.15, 0.2) is 42.5 Å². The Kier molecular flexibility index (Phi) is 6.71. The second-order valence-electron chi connectivity index (χ2n) is 6.83. The predicted molar refractivity (Wildman–Crippen MR) is 104 cm³/mol. The zero-order valence-electron chi connectivity index (χ0n) is 16.7. The molecule has 0 unspecified atom stereocenters. The van der Waals surface area contributed by atoms with Gasteiger partial charge in [0.2, 0.25) is 0 Å². The highest BCUT2D eigenvalue weighted by atomic mass is 19.4. The summed E-state index contributed by atoms with van der Waals surface area (Å²) < 4.78 is 51.1. The van der Waals surface area contributed by atoms with Gasteiger partial charge in [0.15, 0.2) is 0 Å². The summed E-state index contributed by atoms with van der Waals surface area (Å²) in [5, 5.41) is 0. The van der Waals surface area contributed by atoms with Crippen molar-refractivity contribution in [3.8, 4) is 17.2 Å². The Labute approximate surface area is 172 Å². The molecule has 1 aliphatic heterocycles. The van der Waals surface area contributed by atoms with Gasteiger partial charge in [-0.25, -0.2) is 0 Å². The van der Waals surface area contributed by atoms with Gasteiger partial charge in [0, 0.05) is 32.7 Å². The molecule has 2 aromatic carbocycles. The van der Waals surface area contributed by atoms with Crippen LogP contribution in [0.3, 0.4) is 0 Å². The zero-order chi connectivity index (χ0) is 21.7. The molecule has 2 aromatic rings. The number of piperazine rings is 1. The third kappa shape index (κ3) is 5.56. The molecular weight excluding hydrogens is 401 g/mol.